The van der Waals surface area contributed by atoms with E-state index in [-0.39, 0.29) is 12.3 Å². The van der Waals surface area contributed by atoms with Crippen LogP contribution in [-0.4, -0.2) is 27.3 Å². The first-order valence-corrected chi connectivity index (χ1v) is 3.37. The molecule has 6 nitrogen and oxygen atoms in total. The summed E-state index contributed by atoms with van der Waals surface area (Å²) >= 11 is 0. The predicted molar refractivity (Wildman–Crippen MR) is 38.4 cm³/mol. The van der Waals surface area contributed by atoms with Crippen LogP contribution in [0, 0.1) is 6.92 Å². The van der Waals surface area contributed by atoms with E-state index in [2.05, 4.69) is 10.2 Å². The first-order chi connectivity index (χ1) is 5.59. The average molecular weight is 171 g/mol. The number of carboxylic acids is 1. The van der Waals surface area contributed by atoms with E-state index in [1.165, 1.54) is 0 Å². The maximum atomic E-state index is 10.3. The number of hydrogen-bond acceptors (Lipinski definition) is 5. The number of nitrogens with zero attached hydrogens (tertiary/aromatic N) is 2. The number of carbonyl (C=O) groups is 1. The van der Waals surface area contributed by atoms with Gasteiger partial charge in [0, 0.05) is 6.92 Å². The Bertz CT molecular complexity index is 283. The molecule has 0 saturated carbocycles. The van der Waals surface area contributed by atoms with Crippen molar-refractivity contribution in [3.05, 3.63) is 11.8 Å². The molecule has 0 aliphatic carbocycles. The van der Waals surface area contributed by atoms with E-state index in [1.807, 2.05) is 0 Å². The van der Waals surface area contributed by atoms with Crippen LogP contribution in [0.5, 0.6) is 0 Å². The van der Waals surface area contributed by atoms with Crippen LogP contribution in [0.25, 0.3) is 0 Å². The van der Waals surface area contributed by atoms with E-state index in [1.54, 1.807) is 6.92 Å². The van der Waals surface area contributed by atoms with Gasteiger partial charge in [-0.1, -0.05) is 0 Å². The zero-order chi connectivity index (χ0) is 9.14. The van der Waals surface area contributed by atoms with Gasteiger partial charge in [0.2, 0.25) is 11.8 Å². The highest BCUT2D eigenvalue weighted by molar-refractivity contribution is 5.73. The number of aryl methyl sites for hydroxylation is 1. The summed E-state index contributed by atoms with van der Waals surface area (Å²) in [6, 6.07) is -0.982. The van der Waals surface area contributed by atoms with Crippen LogP contribution in [0.4, 0.5) is 0 Å². The molecule has 1 atom stereocenters. The quantitative estimate of drug-likeness (QED) is 0.625. The Kier molecular flexibility index (Phi) is 2.39. The van der Waals surface area contributed by atoms with Crippen LogP contribution in [0.1, 0.15) is 11.8 Å². The molecule has 0 aliphatic rings. The molecule has 0 amide bonds. The summed E-state index contributed by atoms with van der Waals surface area (Å²) in [5.74, 6) is -0.421. The molecule has 0 saturated heterocycles. The van der Waals surface area contributed by atoms with Crippen molar-refractivity contribution in [2.45, 2.75) is 19.4 Å². The van der Waals surface area contributed by atoms with E-state index in [9.17, 15) is 4.79 Å². The number of nitrogens with two attached hydrogens (primary N) is 1. The molecular formula is C6H9N3O3. The van der Waals surface area contributed by atoms with Gasteiger partial charge in [-0.3, -0.25) is 4.79 Å². The largest absolute Gasteiger partial charge is 0.480 e. The summed E-state index contributed by atoms with van der Waals surface area (Å²) in [6.07, 6.45) is 0.0656. The minimum Gasteiger partial charge on any atom is -0.480 e. The standard InChI is InChI=1S/C6H9N3O3/c1-3-8-9-5(12-3)2-4(7)6(10)11/h4H,2,7H2,1H3,(H,10,11)/t4-/m0/s1. The molecule has 0 unspecified atom stereocenters. The molecule has 12 heavy (non-hydrogen) atoms. The zero-order valence-electron chi connectivity index (χ0n) is 6.52. The maximum absolute atomic E-state index is 10.3. The van der Waals surface area contributed by atoms with Gasteiger partial charge in [-0.15, -0.1) is 10.2 Å². The second-order valence-electron chi connectivity index (χ2n) is 2.36. The van der Waals surface area contributed by atoms with E-state index in [4.69, 9.17) is 15.3 Å². The van der Waals surface area contributed by atoms with Gasteiger partial charge < -0.3 is 15.3 Å². The molecule has 0 fully saturated rings. The Morgan fingerprint density at radius 3 is 2.83 bits per heavy atom. The van der Waals surface area contributed by atoms with Crippen molar-refractivity contribution in [3.8, 4) is 0 Å². The molecule has 0 aliphatic heterocycles. The summed E-state index contributed by atoms with van der Waals surface area (Å²) in [6.45, 7) is 1.63. The third kappa shape index (κ3) is 2.03. The zero-order valence-corrected chi connectivity index (χ0v) is 6.52. The van der Waals surface area contributed by atoms with Gasteiger partial charge in [0.25, 0.3) is 0 Å². The Hall–Kier alpha value is -1.43. The van der Waals surface area contributed by atoms with E-state index < -0.39 is 12.0 Å². The van der Waals surface area contributed by atoms with Gasteiger partial charge in [0.05, 0.1) is 6.42 Å². The first-order valence-electron chi connectivity index (χ1n) is 3.37. The number of aliphatic carboxylic acids is 1. The number of rotatable bonds is 3. The summed E-state index contributed by atoms with van der Waals surface area (Å²) in [4.78, 5) is 10.3. The SMILES string of the molecule is Cc1nnc(C[C@H](N)C(=O)O)o1. The Labute approximate surface area is 68.4 Å². The molecule has 1 aromatic heterocycles. The highest BCUT2D eigenvalue weighted by Crippen LogP contribution is 2.00. The van der Waals surface area contributed by atoms with Crippen molar-refractivity contribution >= 4 is 5.97 Å². The lowest BCUT2D eigenvalue weighted by Crippen LogP contribution is -2.32. The fourth-order valence-corrected chi connectivity index (χ4v) is 0.695. The van der Waals surface area contributed by atoms with E-state index in [0.717, 1.165) is 0 Å². The highest BCUT2D eigenvalue weighted by Gasteiger charge is 2.15. The summed E-state index contributed by atoms with van der Waals surface area (Å²) in [7, 11) is 0. The molecule has 1 rings (SSSR count). The Balaban J connectivity index is 2.58. The van der Waals surface area contributed by atoms with Crippen molar-refractivity contribution in [1.82, 2.24) is 10.2 Å². The van der Waals surface area contributed by atoms with Crippen molar-refractivity contribution in [2.75, 3.05) is 0 Å². The van der Waals surface area contributed by atoms with Crippen LogP contribution in [0.2, 0.25) is 0 Å². The molecule has 6 heteroatoms. The van der Waals surface area contributed by atoms with Crippen LogP contribution in [0.15, 0.2) is 4.42 Å². The highest BCUT2D eigenvalue weighted by atomic mass is 16.4. The van der Waals surface area contributed by atoms with Crippen molar-refractivity contribution in [3.63, 3.8) is 0 Å². The second kappa shape index (κ2) is 3.31. The number of hydrogen-bond donors (Lipinski definition) is 2. The second-order valence-corrected chi connectivity index (χ2v) is 2.36. The summed E-state index contributed by atoms with van der Waals surface area (Å²) in [5, 5.41) is 15.6. The summed E-state index contributed by atoms with van der Waals surface area (Å²) < 4.78 is 4.94. The normalized spacial score (nSPS) is 12.8. The van der Waals surface area contributed by atoms with Crippen molar-refractivity contribution in [1.29, 1.82) is 0 Å². The van der Waals surface area contributed by atoms with Gasteiger partial charge in [0.15, 0.2) is 0 Å². The van der Waals surface area contributed by atoms with Crippen molar-refractivity contribution in [2.24, 2.45) is 5.73 Å². The Morgan fingerprint density at radius 1 is 1.75 bits per heavy atom. The van der Waals surface area contributed by atoms with E-state index in [0.29, 0.717) is 5.89 Å². The molecule has 0 bridgehead atoms. The predicted octanol–water partition coefficient (Wildman–Crippen LogP) is -0.668. The molecule has 66 valence electrons. The van der Waals surface area contributed by atoms with Gasteiger partial charge in [-0.2, -0.15) is 0 Å². The lowest BCUT2D eigenvalue weighted by Gasteiger charge is -2.00. The van der Waals surface area contributed by atoms with Gasteiger partial charge >= 0.3 is 5.97 Å². The van der Waals surface area contributed by atoms with Crippen molar-refractivity contribution < 1.29 is 14.3 Å². The van der Waals surface area contributed by atoms with Crippen LogP contribution in [0.3, 0.4) is 0 Å². The maximum Gasteiger partial charge on any atom is 0.321 e. The minimum atomic E-state index is -1.08. The number of carboxylic acid groups (broad SMARTS) is 1. The lowest BCUT2D eigenvalue weighted by atomic mass is 10.2. The third-order valence-corrected chi connectivity index (χ3v) is 1.28. The molecule has 0 aromatic carbocycles. The van der Waals surface area contributed by atoms with Gasteiger partial charge in [0.1, 0.15) is 6.04 Å². The van der Waals surface area contributed by atoms with Crippen LogP contribution >= 0.6 is 0 Å². The average Bonchev–Trinajstić information content (AvgIpc) is 2.35. The first kappa shape index (κ1) is 8.66. The molecule has 0 radical (unpaired) electrons. The molecule has 3 N–H and O–H groups in total. The smallest absolute Gasteiger partial charge is 0.321 e. The van der Waals surface area contributed by atoms with Gasteiger partial charge in [-0.05, 0) is 0 Å². The fraction of sp³-hybridized carbons (Fsp3) is 0.500. The molecule has 1 heterocycles. The molecule has 1 aromatic rings. The monoisotopic (exact) mass is 171 g/mol. The van der Waals surface area contributed by atoms with Crippen LogP contribution < -0.4 is 5.73 Å². The minimum absolute atomic E-state index is 0.0656. The third-order valence-electron chi connectivity index (χ3n) is 1.28. The topological polar surface area (TPSA) is 102 Å². The van der Waals surface area contributed by atoms with Gasteiger partial charge in [-0.25, -0.2) is 0 Å². The Morgan fingerprint density at radius 2 is 2.42 bits per heavy atom. The molecule has 0 spiro atoms. The lowest BCUT2D eigenvalue weighted by molar-refractivity contribution is -0.138. The fourth-order valence-electron chi connectivity index (χ4n) is 0.695. The summed E-state index contributed by atoms with van der Waals surface area (Å²) in [5.41, 5.74) is 5.23. The van der Waals surface area contributed by atoms with E-state index >= 15 is 0 Å². The molecular weight excluding hydrogens is 162 g/mol. The number of aromatic nitrogens is 2. The van der Waals surface area contributed by atoms with Crippen LogP contribution in [-0.2, 0) is 11.2 Å².